The van der Waals surface area contributed by atoms with Crippen molar-refractivity contribution in [3.63, 3.8) is 0 Å². The number of pyridine rings is 1. The number of ether oxygens (including phenoxy) is 2. The van der Waals surface area contributed by atoms with E-state index >= 15 is 0 Å². The summed E-state index contributed by atoms with van der Waals surface area (Å²) in [5.74, 6) is 0.325. The molecule has 140 valence electrons. The van der Waals surface area contributed by atoms with Crippen LogP contribution in [0.3, 0.4) is 0 Å². The van der Waals surface area contributed by atoms with E-state index in [4.69, 9.17) is 9.47 Å². The van der Waals surface area contributed by atoms with E-state index in [1.807, 2.05) is 19.9 Å². The first-order valence-corrected chi connectivity index (χ1v) is 9.27. The molecule has 0 N–H and O–H groups in total. The number of aromatic nitrogens is 1. The Hall–Kier alpha value is -2.85. The zero-order valence-corrected chi connectivity index (χ0v) is 16.3. The molecule has 1 aromatic carbocycles. The fourth-order valence-electron chi connectivity index (χ4n) is 2.35. The highest BCUT2D eigenvalue weighted by Crippen LogP contribution is 2.24. The maximum atomic E-state index is 12.0. The highest BCUT2D eigenvalue weighted by molar-refractivity contribution is 7.99. The second-order valence-corrected chi connectivity index (χ2v) is 6.87. The quantitative estimate of drug-likeness (QED) is 0.391. The van der Waals surface area contributed by atoms with Crippen molar-refractivity contribution in [2.24, 2.45) is 0 Å². The van der Waals surface area contributed by atoms with Crippen molar-refractivity contribution in [3.8, 4) is 11.8 Å². The lowest BCUT2D eigenvalue weighted by molar-refractivity contribution is -0.141. The first-order chi connectivity index (χ1) is 12.9. The molecule has 0 aliphatic rings. The summed E-state index contributed by atoms with van der Waals surface area (Å²) in [4.78, 5) is 28.3. The Morgan fingerprint density at radius 3 is 2.56 bits per heavy atom. The van der Waals surface area contributed by atoms with E-state index in [1.54, 1.807) is 31.4 Å². The smallest absolute Gasteiger partial charge is 0.307 e. The van der Waals surface area contributed by atoms with E-state index in [2.05, 4.69) is 11.1 Å². The summed E-state index contributed by atoms with van der Waals surface area (Å²) in [5, 5.41) is 9.85. The lowest BCUT2D eigenvalue weighted by Crippen LogP contribution is -2.14. The zero-order valence-electron chi connectivity index (χ0n) is 15.4. The van der Waals surface area contributed by atoms with E-state index in [9.17, 15) is 14.9 Å². The van der Waals surface area contributed by atoms with Crippen LogP contribution < -0.4 is 4.74 Å². The van der Waals surface area contributed by atoms with E-state index in [1.165, 1.54) is 11.8 Å². The molecular formula is C20H20N2O4S. The molecule has 1 aromatic heterocycles. The van der Waals surface area contributed by atoms with Crippen molar-refractivity contribution in [1.29, 1.82) is 5.26 Å². The molecule has 0 unspecified atom stereocenters. The van der Waals surface area contributed by atoms with E-state index in [0.29, 0.717) is 27.7 Å². The molecule has 6 nitrogen and oxygen atoms in total. The van der Waals surface area contributed by atoms with Gasteiger partial charge in [-0.15, -0.1) is 11.8 Å². The van der Waals surface area contributed by atoms with Gasteiger partial charge in [-0.1, -0.05) is 0 Å². The number of rotatable bonds is 8. The molecule has 2 aromatic rings. The first-order valence-electron chi connectivity index (χ1n) is 8.28. The number of hydrogen-bond acceptors (Lipinski definition) is 7. The van der Waals surface area contributed by atoms with Crippen LogP contribution in [0.2, 0.25) is 0 Å². The Bertz CT molecular complexity index is 873. The van der Waals surface area contributed by atoms with Crippen molar-refractivity contribution < 1.29 is 19.1 Å². The van der Waals surface area contributed by atoms with Crippen LogP contribution in [-0.4, -0.2) is 36.2 Å². The molecule has 0 saturated heterocycles. The SMILES string of the molecule is COc1ccc(C(=O)COC(=O)CCSc2nc(C)cc(C)c2C#N)cc1. The van der Waals surface area contributed by atoms with Gasteiger partial charge in [-0.05, 0) is 49.7 Å². The number of methoxy groups -OCH3 is 1. The molecule has 27 heavy (non-hydrogen) atoms. The topological polar surface area (TPSA) is 89.3 Å². The minimum atomic E-state index is -0.466. The fraction of sp³-hybridized carbons (Fsp3) is 0.300. The average Bonchev–Trinajstić information content (AvgIpc) is 2.66. The third-order valence-corrected chi connectivity index (χ3v) is 4.72. The number of hydrogen-bond donors (Lipinski definition) is 0. The number of carbonyl (C=O) groups excluding carboxylic acids is 2. The molecule has 0 radical (unpaired) electrons. The van der Waals surface area contributed by atoms with Gasteiger partial charge >= 0.3 is 5.97 Å². The maximum Gasteiger partial charge on any atom is 0.307 e. The number of aryl methyl sites for hydroxylation is 2. The number of benzene rings is 1. The predicted octanol–water partition coefficient (Wildman–Crippen LogP) is 3.49. The minimum absolute atomic E-state index is 0.125. The summed E-state index contributed by atoms with van der Waals surface area (Å²) < 4.78 is 10.1. The highest BCUT2D eigenvalue weighted by Gasteiger charge is 2.13. The van der Waals surface area contributed by atoms with Crippen LogP contribution in [0.15, 0.2) is 35.4 Å². The molecule has 0 saturated carbocycles. The van der Waals surface area contributed by atoms with Gasteiger partial charge in [-0.2, -0.15) is 5.26 Å². The van der Waals surface area contributed by atoms with Crippen molar-refractivity contribution in [2.45, 2.75) is 25.3 Å². The number of ketones is 1. The highest BCUT2D eigenvalue weighted by atomic mass is 32.2. The van der Waals surface area contributed by atoms with Gasteiger partial charge in [0.2, 0.25) is 0 Å². The second kappa shape index (κ2) is 9.74. The van der Waals surface area contributed by atoms with E-state index in [0.717, 1.165) is 11.3 Å². The van der Waals surface area contributed by atoms with Crippen LogP contribution in [0.4, 0.5) is 0 Å². The lowest BCUT2D eigenvalue weighted by Gasteiger charge is -2.08. The molecule has 0 atom stereocenters. The summed E-state index contributed by atoms with van der Waals surface area (Å²) in [6.45, 7) is 3.41. The summed E-state index contributed by atoms with van der Waals surface area (Å²) in [6, 6.07) is 10.6. The Morgan fingerprint density at radius 1 is 1.22 bits per heavy atom. The van der Waals surface area contributed by atoms with Gasteiger partial charge < -0.3 is 9.47 Å². The monoisotopic (exact) mass is 384 g/mol. The van der Waals surface area contributed by atoms with Crippen molar-refractivity contribution in [3.05, 3.63) is 52.7 Å². The number of nitriles is 1. The Morgan fingerprint density at radius 2 is 1.93 bits per heavy atom. The summed E-state index contributed by atoms with van der Waals surface area (Å²) in [6.07, 6.45) is 0.125. The molecule has 0 spiro atoms. The van der Waals surface area contributed by atoms with Crippen LogP contribution in [0, 0.1) is 25.2 Å². The molecule has 2 rings (SSSR count). The van der Waals surface area contributed by atoms with Crippen LogP contribution in [0.5, 0.6) is 5.75 Å². The minimum Gasteiger partial charge on any atom is -0.497 e. The van der Waals surface area contributed by atoms with Gasteiger partial charge in [0.25, 0.3) is 0 Å². The molecule has 0 bridgehead atoms. The van der Waals surface area contributed by atoms with Crippen molar-refractivity contribution in [2.75, 3.05) is 19.5 Å². The Balaban J connectivity index is 1.81. The van der Waals surface area contributed by atoms with Crippen molar-refractivity contribution >= 4 is 23.5 Å². The normalized spacial score (nSPS) is 10.1. The third kappa shape index (κ3) is 5.83. The maximum absolute atomic E-state index is 12.0. The van der Waals surface area contributed by atoms with Gasteiger partial charge in [0.15, 0.2) is 12.4 Å². The number of carbonyl (C=O) groups is 2. The summed E-state index contributed by atoms with van der Waals surface area (Å²) >= 11 is 1.33. The predicted molar refractivity (Wildman–Crippen MR) is 102 cm³/mol. The number of thioether (sulfide) groups is 1. The molecule has 0 fully saturated rings. The van der Waals surface area contributed by atoms with Gasteiger partial charge in [0, 0.05) is 17.0 Å². The van der Waals surface area contributed by atoms with E-state index in [-0.39, 0.29) is 18.8 Å². The second-order valence-electron chi connectivity index (χ2n) is 5.78. The van der Waals surface area contributed by atoms with E-state index < -0.39 is 5.97 Å². The number of nitrogens with zero attached hydrogens (tertiary/aromatic N) is 2. The van der Waals surface area contributed by atoms with Gasteiger partial charge in [-0.3, -0.25) is 9.59 Å². The standard InChI is InChI=1S/C20H20N2O4S/c1-13-10-14(2)22-20(17(13)11-21)27-9-8-19(24)26-12-18(23)15-4-6-16(25-3)7-5-15/h4-7,10H,8-9,12H2,1-3H3. The van der Waals surface area contributed by atoms with Gasteiger partial charge in [0.05, 0.1) is 19.1 Å². The van der Waals surface area contributed by atoms with Crippen LogP contribution in [-0.2, 0) is 9.53 Å². The molecule has 7 heteroatoms. The summed E-state index contributed by atoms with van der Waals surface area (Å²) in [7, 11) is 1.55. The van der Waals surface area contributed by atoms with Crippen LogP contribution in [0.1, 0.15) is 33.6 Å². The average molecular weight is 384 g/mol. The Kier molecular flexibility index (Phi) is 7.38. The van der Waals surface area contributed by atoms with Crippen LogP contribution in [0.25, 0.3) is 0 Å². The number of esters is 1. The molecule has 1 heterocycles. The van der Waals surface area contributed by atoms with Gasteiger partial charge in [0.1, 0.15) is 16.8 Å². The summed E-state index contributed by atoms with van der Waals surface area (Å²) in [5.41, 5.74) is 2.66. The molecule has 0 aliphatic carbocycles. The van der Waals surface area contributed by atoms with Gasteiger partial charge in [-0.25, -0.2) is 4.98 Å². The lowest BCUT2D eigenvalue weighted by atomic mass is 10.1. The molecular weight excluding hydrogens is 364 g/mol. The number of Topliss-reactive ketones (excluding diaryl/α,β-unsaturated/α-hetero) is 1. The van der Waals surface area contributed by atoms with Crippen molar-refractivity contribution in [1.82, 2.24) is 4.98 Å². The first kappa shape index (κ1) is 20.5. The largest absolute Gasteiger partial charge is 0.497 e. The Labute approximate surface area is 162 Å². The van der Waals surface area contributed by atoms with Crippen LogP contribution >= 0.6 is 11.8 Å². The third-order valence-electron chi connectivity index (χ3n) is 3.74. The zero-order chi connectivity index (χ0) is 19.8. The molecule has 0 amide bonds. The molecule has 0 aliphatic heterocycles. The fourth-order valence-corrected chi connectivity index (χ4v) is 3.37.